The van der Waals surface area contributed by atoms with Gasteiger partial charge in [-0.25, -0.2) is 9.80 Å². The van der Waals surface area contributed by atoms with Crippen molar-refractivity contribution in [2.45, 2.75) is 25.4 Å². The highest BCUT2D eigenvalue weighted by atomic mass is 35.5. The number of hydrazone groups is 1. The second-order valence-corrected chi connectivity index (χ2v) is 7.09. The maximum absolute atomic E-state index is 12.5. The van der Waals surface area contributed by atoms with Crippen molar-refractivity contribution in [2.24, 2.45) is 5.10 Å². The van der Waals surface area contributed by atoms with Crippen molar-refractivity contribution in [3.05, 3.63) is 63.1 Å². The second kappa shape index (κ2) is 6.24. The lowest BCUT2D eigenvalue weighted by Gasteiger charge is -2.27. The van der Waals surface area contributed by atoms with Crippen molar-refractivity contribution in [2.75, 3.05) is 5.73 Å². The highest BCUT2D eigenvalue weighted by Gasteiger charge is 2.29. The molecule has 0 radical (unpaired) electrons. The minimum Gasteiger partial charge on any atom is -0.399 e. The number of nitrogen functional groups attached to an aromatic ring is 1. The lowest BCUT2D eigenvalue weighted by molar-refractivity contribution is 0.196. The molecule has 1 aliphatic carbocycles. The Morgan fingerprint density at radius 1 is 1.16 bits per heavy atom. The number of amides is 2. The number of nitrogens with zero attached hydrogens (tertiary/aromatic N) is 2. The predicted octanol–water partition coefficient (Wildman–Crippen LogP) is 4.02. The van der Waals surface area contributed by atoms with E-state index in [4.69, 9.17) is 28.9 Å². The lowest BCUT2D eigenvalue weighted by Crippen LogP contribution is -2.40. The first-order chi connectivity index (χ1) is 12.0. The van der Waals surface area contributed by atoms with Crippen LogP contribution in [0.25, 0.3) is 0 Å². The molecule has 7 heteroatoms. The molecule has 1 aliphatic heterocycles. The summed E-state index contributed by atoms with van der Waals surface area (Å²) in [5.41, 5.74) is 9.75. The van der Waals surface area contributed by atoms with Crippen LogP contribution in [0.15, 0.2) is 41.5 Å². The van der Waals surface area contributed by atoms with Gasteiger partial charge < -0.3 is 11.1 Å². The first kappa shape index (κ1) is 16.2. The molecular formula is C18H16Cl2N4O. The van der Waals surface area contributed by atoms with E-state index in [1.165, 1.54) is 5.01 Å². The molecule has 0 atom stereocenters. The number of hydrogen-bond acceptors (Lipinski definition) is 3. The van der Waals surface area contributed by atoms with Gasteiger partial charge in [-0.3, -0.25) is 0 Å². The van der Waals surface area contributed by atoms with Gasteiger partial charge in [0.25, 0.3) is 0 Å². The summed E-state index contributed by atoms with van der Waals surface area (Å²) in [6, 6.07) is 11.0. The Bertz CT molecular complexity index is 875. The molecule has 1 heterocycles. The molecule has 4 rings (SSSR count). The van der Waals surface area contributed by atoms with Gasteiger partial charge in [-0.15, -0.1) is 0 Å². The van der Waals surface area contributed by atoms with E-state index in [9.17, 15) is 4.79 Å². The average Bonchev–Trinajstić information content (AvgIpc) is 3.40. The van der Waals surface area contributed by atoms with E-state index in [1.54, 1.807) is 24.3 Å². The number of carbonyl (C=O) groups is 1. The van der Waals surface area contributed by atoms with Gasteiger partial charge in [0.1, 0.15) is 0 Å². The first-order valence-corrected chi connectivity index (χ1v) is 8.77. The molecule has 2 amide bonds. The highest BCUT2D eigenvalue weighted by molar-refractivity contribution is 6.42. The monoisotopic (exact) mass is 374 g/mol. The third kappa shape index (κ3) is 3.30. The fourth-order valence-corrected chi connectivity index (χ4v) is 3.11. The molecule has 0 unspecified atom stereocenters. The van der Waals surface area contributed by atoms with Crippen molar-refractivity contribution in [1.29, 1.82) is 0 Å². The van der Waals surface area contributed by atoms with E-state index in [0.717, 1.165) is 29.5 Å². The molecule has 2 aromatic rings. The number of anilines is 1. The number of halogens is 2. The van der Waals surface area contributed by atoms with Crippen LogP contribution in [0.1, 0.15) is 29.5 Å². The third-order valence-corrected chi connectivity index (χ3v) is 4.99. The Balaban J connectivity index is 1.78. The largest absolute Gasteiger partial charge is 0.399 e. The van der Waals surface area contributed by atoms with Gasteiger partial charge in [-0.05, 0) is 42.7 Å². The summed E-state index contributed by atoms with van der Waals surface area (Å²) in [5, 5.41) is 9.89. The Hall–Kier alpha value is -2.24. The molecule has 128 valence electrons. The van der Waals surface area contributed by atoms with Gasteiger partial charge in [-0.1, -0.05) is 35.3 Å². The summed E-state index contributed by atoms with van der Waals surface area (Å²) >= 11 is 12.4. The van der Waals surface area contributed by atoms with Crippen molar-refractivity contribution in [3.8, 4) is 0 Å². The van der Waals surface area contributed by atoms with Crippen LogP contribution in [-0.4, -0.2) is 22.8 Å². The molecule has 0 spiro atoms. The van der Waals surface area contributed by atoms with Gasteiger partial charge in [-0.2, -0.15) is 5.10 Å². The summed E-state index contributed by atoms with van der Waals surface area (Å²) in [6.07, 6.45) is 2.04. The highest BCUT2D eigenvalue weighted by Crippen LogP contribution is 2.31. The summed E-state index contributed by atoms with van der Waals surface area (Å²) < 4.78 is 0. The number of carbonyl (C=O) groups excluding carboxylic acids is 1. The Morgan fingerprint density at radius 2 is 1.84 bits per heavy atom. The normalized spacial score (nSPS) is 16.2. The average molecular weight is 375 g/mol. The van der Waals surface area contributed by atoms with E-state index in [-0.39, 0.29) is 12.1 Å². The Labute approximate surface area is 155 Å². The zero-order chi connectivity index (χ0) is 17.6. The number of fused-ring (bicyclic) bond motifs is 1. The van der Waals surface area contributed by atoms with Crippen molar-refractivity contribution in [1.82, 2.24) is 10.3 Å². The molecule has 1 saturated carbocycles. The molecule has 25 heavy (non-hydrogen) atoms. The quantitative estimate of drug-likeness (QED) is 0.779. The number of rotatable bonds is 2. The molecule has 5 nitrogen and oxygen atoms in total. The van der Waals surface area contributed by atoms with Crippen molar-refractivity contribution < 1.29 is 4.79 Å². The molecule has 2 aliphatic rings. The fourth-order valence-electron chi connectivity index (χ4n) is 2.76. The predicted molar refractivity (Wildman–Crippen MR) is 100 cm³/mol. The van der Waals surface area contributed by atoms with E-state index in [1.807, 2.05) is 12.1 Å². The van der Waals surface area contributed by atoms with Crippen LogP contribution >= 0.6 is 23.2 Å². The van der Waals surface area contributed by atoms with Crippen LogP contribution in [0.5, 0.6) is 0 Å². The molecule has 0 bridgehead atoms. The Morgan fingerprint density at radius 3 is 2.52 bits per heavy atom. The summed E-state index contributed by atoms with van der Waals surface area (Å²) in [6.45, 7) is 0.350. The van der Waals surface area contributed by atoms with E-state index in [0.29, 0.717) is 28.0 Å². The van der Waals surface area contributed by atoms with E-state index < -0.39 is 0 Å². The number of benzene rings is 2. The van der Waals surface area contributed by atoms with E-state index >= 15 is 0 Å². The van der Waals surface area contributed by atoms with Crippen LogP contribution in [0, 0.1) is 0 Å². The Kier molecular flexibility index (Phi) is 4.06. The topological polar surface area (TPSA) is 70.7 Å². The van der Waals surface area contributed by atoms with Gasteiger partial charge in [0, 0.05) is 22.9 Å². The molecule has 0 saturated heterocycles. The summed E-state index contributed by atoms with van der Waals surface area (Å²) in [4.78, 5) is 12.5. The van der Waals surface area contributed by atoms with Crippen LogP contribution < -0.4 is 11.1 Å². The fraction of sp³-hybridized carbons (Fsp3) is 0.222. The van der Waals surface area contributed by atoms with Gasteiger partial charge in [0.2, 0.25) is 0 Å². The minimum atomic E-state index is -0.202. The maximum atomic E-state index is 12.5. The number of urea groups is 1. The molecular weight excluding hydrogens is 359 g/mol. The van der Waals surface area contributed by atoms with Crippen LogP contribution in [0.2, 0.25) is 10.0 Å². The molecule has 0 aromatic heterocycles. The van der Waals surface area contributed by atoms with Crippen molar-refractivity contribution >= 4 is 40.6 Å². The third-order valence-electron chi connectivity index (χ3n) is 4.27. The summed E-state index contributed by atoms with van der Waals surface area (Å²) in [7, 11) is 0. The SMILES string of the molecule is Nc1ccc(C2=NN(C(=O)NC3CC3)Cc3cc(Cl)c(Cl)cc32)cc1. The minimum absolute atomic E-state index is 0.202. The zero-order valence-electron chi connectivity index (χ0n) is 13.3. The smallest absolute Gasteiger partial charge is 0.338 e. The maximum Gasteiger partial charge on any atom is 0.338 e. The van der Waals surface area contributed by atoms with Crippen molar-refractivity contribution in [3.63, 3.8) is 0 Å². The zero-order valence-corrected chi connectivity index (χ0v) is 14.8. The van der Waals surface area contributed by atoms with Gasteiger partial charge in [0.15, 0.2) is 0 Å². The summed E-state index contributed by atoms with van der Waals surface area (Å²) in [5.74, 6) is 0. The van der Waals surface area contributed by atoms with Crippen LogP contribution in [0.3, 0.4) is 0 Å². The number of nitrogens with two attached hydrogens (primary N) is 1. The van der Waals surface area contributed by atoms with Crippen LogP contribution in [-0.2, 0) is 6.54 Å². The van der Waals surface area contributed by atoms with Gasteiger partial charge >= 0.3 is 6.03 Å². The molecule has 3 N–H and O–H groups in total. The standard InChI is InChI=1S/C18H16Cl2N4O/c19-15-7-11-9-24(18(25)22-13-5-6-13)23-17(14(11)8-16(15)20)10-1-3-12(21)4-2-10/h1-4,7-8,13H,5-6,9,21H2,(H,22,25). The molecule has 2 aromatic carbocycles. The second-order valence-electron chi connectivity index (χ2n) is 6.28. The number of nitrogens with one attached hydrogen (secondary N) is 1. The lowest BCUT2D eigenvalue weighted by atomic mass is 9.96. The van der Waals surface area contributed by atoms with Gasteiger partial charge in [0.05, 0.1) is 22.3 Å². The number of hydrogen-bond donors (Lipinski definition) is 2. The van der Waals surface area contributed by atoms with Crippen LogP contribution in [0.4, 0.5) is 10.5 Å². The molecule has 1 fully saturated rings. The first-order valence-electron chi connectivity index (χ1n) is 8.02. The van der Waals surface area contributed by atoms with E-state index in [2.05, 4.69) is 10.4 Å².